The Labute approximate surface area is 160 Å². The van der Waals surface area contributed by atoms with Crippen LogP contribution in [0.2, 0.25) is 0 Å². The van der Waals surface area contributed by atoms with Gasteiger partial charge >= 0.3 is 0 Å². The van der Waals surface area contributed by atoms with E-state index in [9.17, 15) is 0 Å². The SMILES string of the molecule is C.C.CC(C)C1CCC(C(C)C)C1.CC(C)c1cccc(C(C)C)c1. The lowest BCUT2D eigenvalue weighted by atomic mass is 9.89. The van der Waals surface area contributed by atoms with Crippen molar-refractivity contribution >= 4 is 0 Å². The molecule has 0 bridgehead atoms. The lowest BCUT2D eigenvalue weighted by Crippen LogP contribution is -2.07. The van der Waals surface area contributed by atoms with Crippen LogP contribution in [0.25, 0.3) is 0 Å². The highest BCUT2D eigenvalue weighted by Crippen LogP contribution is 2.39. The second-order valence-electron chi connectivity index (χ2n) is 8.80. The lowest BCUT2D eigenvalue weighted by molar-refractivity contribution is 0.340. The van der Waals surface area contributed by atoms with Crippen LogP contribution in [0.3, 0.4) is 0 Å². The molecule has 0 heteroatoms. The fraction of sp³-hybridized carbons (Fsp3) is 0.760. The van der Waals surface area contributed by atoms with E-state index in [2.05, 4.69) is 79.7 Å². The highest BCUT2D eigenvalue weighted by atomic mass is 14.3. The van der Waals surface area contributed by atoms with Gasteiger partial charge in [-0.15, -0.1) is 0 Å². The van der Waals surface area contributed by atoms with Gasteiger partial charge in [0, 0.05) is 0 Å². The Kier molecular flexibility index (Phi) is 13.3. The van der Waals surface area contributed by atoms with E-state index in [1.165, 1.54) is 30.4 Å². The Morgan fingerprint density at radius 3 is 1.28 bits per heavy atom. The molecule has 0 radical (unpaired) electrons. The maximum atomic E-state index is 2.37. The summed E-state index contributed by atoms with van der Waals surface area (Å²) in [6.45, 7) is 18.4. The second-order valence-corrected chi connectivity index (χ2v) is 8.80. The molecule has 2 rings (SSSR count). The van der Waals surface area contributed by atoms with Gasteiger partial charge in [0.05, 0.1) is 0 Å². The monoisotopic (exact) mass is 348 g/mol. The van der Waals surface area contributed by atoms with Crippen LogP contribution in [-0.4, -0.2) is 0 Å². The molecule has 148 valence electrons. The molecule has 0 saturated heterocycles. The molecule has 1 saturated carbocycles. The number of hydrogen-bond donors (Lipinski definition) is 0. The summed E-state index contributed by atoms with van der Waals surface area (Å²) >= 11 is 0. The van der Waals surface area contributed by atoms with E-state index < -0.39 is 0 Å². The predicted molar refractivity (Wildman–Crippen MR) is 119 cm³/mol. The number of rotatable bonds is 4. The molecular formula is C25H48. The summed E-state index contributed by atoms with van der Waals surface area (Å²) in [5.74, 6) is 5.18. The van der Waals surface area contributed by atoms with Crippen LogP contribution in [0.15, 0.2) is 24.3 Å². The molecule has 0 spiro atoms. The van der Waals surface area contributed by atoms with Crippen molar-refractivity contribution in [3.8, 4) is 0 Å². The summed E-state index contributed by atoms with van der Waals surface area (Å²) in [6.07, 6.45) is 4.47. The first kappa shape index (κ1) is 26.4. The molecule has 0 aliphatic heterocycles. The van der Waals surface area contributed by atoms with Gasteiger partial charge in [-0.2, -0.15) is 0 Å². The van der Waals surface area contributed by atoms with E-state index >= 15 is 0 Å². The number of hydrogen-bond acceptors (Lipinski definition) is 0. The molecule has 1 fully saturated rings. The minimum atomic E-state index is 0. The van der Waals surface area contributed by atoms with Crippen molar-refractivity contribution in [1.29, 1.82) is 0 Å². The van der Waals surface area contributed by atoms with E-state index in [1.54, 1.807) is 0 Å². The first-order chi connectivity index (χ1) is 10.7. The summed E-state index contributed by atoms with van der Waals surface area (Å²) in [6, 6.07) is 8.88. The molecule has 0 nitrogen and oxygen atoms in total. The smallest absolute Gasteiger partial charge is 0.0219 e. The van der Waals surface area contributed by atoms with Crippen LogP contribution in [-0.2, 0) is 0 Å². The second kappa shape index (κ2) is 12.6. The maximum absolute atomic E-state index is 2.37. The van der Waals surface area contributed by atoms with E-state index in [0.29, 0.717) is 11.8 Å². The van der Waals surface area contributed by atoms with Gasteiger partial charge in [0.15, 0.2) is 0 Å². The quantitative estimate of drug-likeness (QED) is 0.509. The van der Waals surface area contributed by atoms with Gasteiger partial charge in [-0.3, -0.25) is 0 Å². The van der Waals surface area contributed by atoms with Crippen molar-refractivity contribution < 1.29 is 0 Å². The first-order valence-corrected chi connectivity index (χ1v) is 9.82. The van der Waals surface area contributed by atoms with Crippen molar-refractivity contribution in [2.75, 3.05) is 0 Å². The van der Waals surface area contributed by atoms with Gasteiger partial charge < -0.3 is 0 Å². The Balaban J connectivity index is 0. The third-order valence-electron chi connectivity index (χ3n) is 5.64. The van der Waals surface area contributed by atoms with Gasteiger partial charge in [-0.05, 0) is 65.9 Å². The van der Waals surface area contributed by atoms with E-state index in [4.69, 9.17) is 0 Å². The normalized spacial score (nSPS) is 19.5. The van der Waals surface area contributed by atoms with Crippen LogP contribution >= 0.6 is 0 Å². The summed E-state index contributed by atoms with van der Waals surface area (Å²) in [7, 11) is 0. The standard InChI is InChI=1S/C12H18.C11H22.2CH4/c1-9(2)11-6-5-7-12(8-11)10(3)4;1-8(2)10-5-6-11(7-10)9(3)4;;/h5-10H,1-4H3;8-11H,5-7H2,1-4H3;2*1H4. The molecular weight excluding hydrogens is 300 g/mol. The molecule has 1 aliphatic rings. The number of benzene rings is 1. The molecule has 0 N–H and O–H groups in total. The van der Waals surface area contributed by atoms with Crippen LogP contribution in [0.1, 0.15) is 112 Å². The molecule has 1 aromatic carbocycles. The topological polar surface area (TPSA) is 0 Å². The average Bonchev–Trinajstić information content (AvgIpc) is 2.98. The maximum Gasteiger partial charge on any atom is -0.0219 e. The molecule has 0 amide bonds. The third-order valence-corrected chi connectivity index (χ3v) is 5.64. The van der Waals surface area contributed by atoms with Crippen LogP contribution in [0, 0.1) is 23.7 Å². The minimum Gasteiger partial charge on any atom is -0.0776 e. The third kappa shape index (κ3) is 8.93. The zero-order valence-electron chi connectivity index (χ0n) is 16.9. The largest absolute Gasteiger partial charge is 0.0776 e. The Morgan fingerprint density at radius 2 is 1.04 bits per heavy atom. The summed E-state index contributed by atoms with van der Waals surface area (Å²) in [5, 5.41) is 0. The molecule has 25 heavy (non-hydrogen) atoms. The van der Waals surface area contributed by atoms with E-state index in [0.717, 1.165) is 23.7 Å². The molecule has 2 unspecified atom stereocenters. The summed E-state index contributed by atoms with van der Waals surface area (Å²) in [5.41, 5.74) is 2.89. The summed E-state index contributed by atoms with van der Waals surface area (Å²) in [4.78, 5) is 0. The van der Waals surface area contributed by atoms with E-state index in [-0.39, 0.29) is 14.9 Å². The summed E-state index contributed by atoms with van der Waals surface area (Å²) < 4.78 is 0. The van der Waals surface area contributed by atoms with Crippen LogP contribution in [0.5, 0.6) is 0 Å². The highest BCUT2D eigenvalue weighted by molar-refractivity contribution is 5.27. The van der Waals surface area contributed by atoms with Gasteiger partial charge in [-0.1, -0.05) is 94.5 Å². The van der Waals surface area contributed by atoms with E-state index in [1.807, 2.05) is 0 Å². The van der Waals surface area contributed by atoms with Crippen LogP contribution in [0.4, 0.5) is 0 Å². The van der Waals surface area contributed by atoms with Crippen molar-refractivity contribution in [2.24, 2.45) is 23.7 Å². The predicted octanol–water partition coefficient (Wildman–Crippen LogP) is 8.92. The zero-order valence-corrected chi connectivity index (χ0v) is 16.9. The van der Waals surface area contributed by atoms with Crippen molar-refractivity contribution in [2.45, 2.75) is 101 Å². The van der Waals surface area contributed by atoms with Crippen molar-refractivity contribution in [3.05, 3.63) is 35.4 Å². The fourth-order valence-corrected chi connectivity index (χ4v) is 3.54. The molecule has 0 aromatic heterocycles. The fourth-order valence-electron chi connectivity index (χ4n) is 3.54. The van der Waals surface area contributed by atoms with Gasteiger partial charge in [0.2, 0.25) is 0 Å². The zero-order chi connectivity index (χ0) is 17.6. The van der Waals surface area contributed by atoms with Crippen molar-refractivity contribution in [1.82, 2.24) is 0 Å². The van der Waals surface area contributed by atoms with Gasteiger partial charge in [-0.25, -0.2) is 0 Å². The Bertz CT molecular complexity index is 402. The molecule has 2 atom stereocenters. The first-order valence-electron chi connectivity index (χ1n) is 9.82. The Hall–Kier alpha value is -0.780. The molecule has 1 aliphatic carbocycles. The minimum absolute atomic E-state index is 0. The van der Waals surface area contributed by atoms with Gasteiger partial charge in [0.25, 0.3) is 0 Å². The Morgan fingerprint density at radius 1 is 0.680 bits per heavy atom. The van der Waals surface area contributed by atoms with Crippen LogP contribution < -0.4 is 0 Å². The molecule has 0 heterocycles. The van der Waals surface area contributed by atoms with Gasteiger partial charge in [0.1, 0.15) is 0 Å². The highest BCUT2D eigenvalue weighted by Gasteiger charge is 2.28. The molecule has 1 aromatic rings. The lowest BCUT2D eigenvalue weighted by Gasteiger charge is -2.16. The van der Waals surface area contributed by atoms with Crippen molar-refractivity contribution in [3.63, 3.8) is 0 Å². The average molecular weight is 349 g/mol.